The molecular weight excluding hydrogens is 430 g/mol. The number of rotatable bonds is 6. The number of aliphatic hydroxyl groups is 1. The van der Waals surface area contributed by atoms with Gasteiger partial charge in [0.05, 0.1) is 19.2 Å². The fourth-order valence-corrected chi connectivity index (χ4v) is 4.58. The minimum atomic E-state index is -0.373. The maximum absolute atomic E-state index is 13.5. The van der Waals surface area contributed by atoms with E-state index in [-0.39, 0.29) is 42.4 Å². The minimum Gasteiger partial charge on any atom is -0.472 e. The lowest BCUT2D eigenvalue weighted by molar-refractivity contribution is 0.0313. The molecule has 2 aromatic rings. The van der Waals surface area contributed by atoms with Gasteiger partial charge in [0.15, 0.2) is 0 Å². The standard InChI is InChI=1S/C27H33N3O4/c1-18-15-30(19(2)17-31)27(33)23-13-22(20-9-7-8-10-20)14-28-25(23)34-24(18)16-29(3)26(32)21-11-5-4-6-12-21/h4-6,9,11-14,18-19,24,31H,7-8,10,15-17H2,1-3H3/t18-,19-,24+/m0/s1. The molecule has 2 aliphatic rings. The van der Waals surface area contributed by atoms with E-state index in [9.17, 15) is 14.7 Å². The van der Waals surface area contributed by atoms with Crippen LogP contribution in [-0.4, -0.2) is 70.6 Å². The van der Waals surface area contributed by atoms with Crippen molar-refractivity contribution in [1.29, 1.82) is 0 Å². The monoisotopic (exact) mass is 463 g/mol. The van der Waals surface area contributed by atoms with E-state index in [4.69, 9.17) is 4.74 Å². The summed E-state index contributed by atoms with van der Waals surface area (Å²) in [5.74, 6) is -0.0916. The number of carbonyl (C=O) groups is 2. The average molecular weight is 464 g/mol. The van der Waals surface area contributed by atoms with Crippen LogP contribution in [0.3, 0.4) is 0 Å². The molecule has 4 rings (SSSR count). The van der Waals surface area contributed by atoms with E-state index in [1.807, 2.05) is 38.1 Å². The third kappa shape index (κ3) is 4.99. The molecule has 0 spiro atoms. The second kappa shape index (κ2) is 10.4. The lowest BCUT2D eigenvalue weighted by Crippen LogP contribution is -2.50. The van der Waals surface area contributed by atoms with Crippen LogP contribution in [0.15, 0.2) is 48.7 Å². The lowest BCUT2D eigenvalue weighted by atomic mass is 9.99. The van der Waals surface area contributed by atoms with Crippen LogP contribution in [0.1, 0.15) is 59.4 Å². The quantitative estimate of drug-likeness (QED) is 0.707. The van der Waals surface area contributed by atoms with Gasteiger partial charge in [-0.3, -0.25) is 9.59 Å². The van der Waals surface area contributed by atoms with Crippen LogP contribution in [0.4, 0.5) is 0 Å². The maximum Gasteiger partial charge on any atom is 0.259 e. The molecule has 2 amide bonds. The number of hydrogen-bond donors (Lipinski definition) is 1. The SMILES string of the molecule is C[C@H]1CN([C@@H](C)CO)C(=O)c2cc(C3=CCCC3)cnc2O[C@@H]1CN(C)C(=O)c1ccccc1. The van der Waals surface area contributed by atoms with Gasteiger partial charge >= 0.3 is 0 Å². The second-order valence-electron chi connectivity index (χ2n) is 9.37. The number of hydrogen-bond acceptors (Lipinski definition) is 5. The Morgan fingerprint density at radius 2 is 2.09 bits per heavy atom. The Kier molecular flexibility index (Phi) is 7.32. The van der Waals surface area contributed by atoms with Crippen molar-refractivity contribution in [3.63, 3.8) is 0 Å². The van der Waals surface area contributed by atoms with Crippen molar-refractivity contribution >= 4 is 17.4 Å². The van der Waals surface area contributed by atoms with Crippen LogP contribution >= 0.6 is 0 Å². The highest BCUT2D eigenvalue weighted by Crippen LogP contribution is 2.32. The van der Waals surface area contributed by atoms with Gasteiger partial charge in [-0.05, 0) is 55.5 Å². The maximum atomic E-state index is 13.5. The lowest BCUT2D eigenvalue weighted by Gasteiger charge is -2.37. The number of benzene rings is 1. The minimum absolute atomic E-state index is 0.0869. The fraction of sp³-hybridized carbons (Fsp3) is 0.444. The first kappa shape index (κ1) is 24.0. The topological polar surface area (TPSA) is 83.0 Å². The van der Waals surface area contributed by atoms with Gasteiger partial charge in [0.2, 0.25) is 5.88 Å². The zero-order valence-electron chi connectivity index (χ0n) is 20.1. The third-order valence-electron chi connectivity index (χ3n) is 6.75. The van der Waals surface area contributed by atoms with Crippen molar-refractivity contribution in [1.82, 2.24) is 14.8 Å². The zero-order chi connectivity index (χ0) is 24.2. The number of amides is 2. The largest absolute Gasteiger partial charge is 0.472 e. The van der Waals surface area contributed by atoms with Gasteiger partial charge in [-0.25, -0.2) is 4.98 Å². The highest BCUT2D eigenvalue weighted by atomic mass is 16.5. The van der Waals surface area contributed by atoms with E-state index >= 15 is 0 Å². The van der Waals surface area contributed by atoms with Gasteiger partial charge < -0.3 is 19.6 Å². The summed E-state index contributed by atoms with van der Waals surface area (Å²) < 4.78 is 6.32. The third-order valence-corrected chi connectivity index (χ3v) is 6.75. The van der Waals surface area contributed by atoms with Crippen LogP contribution in [0.25, 0.3) is 5.57 Å². The molecule has 1 N–H and O–H groups in total. The summed E-state index contributed by atoms with van der Waals surface area (Å²) in [5, 5.41) is 9.84. The Balaban J connectivity index is 1.65. The Bertz CT molecular complexity index is 1070. The van der Waals surface area contributed by atoms with Crippen LogP contribution in [0, 0.1) is 5.92 Å². The van der Waals surface area contributed by atoms with Gasteiger partial charge in [0.1, 0.15) is 11.7 Å². The van der Waals surface area contributed by atoms with Gasteiger partial charge in [0.25, 0.3) is 11.8 Å². The molecule has 7 heteroatoms. The first-order valence-corrected chi connectivity index (χ1v) is 12.0. The average Bonchev–Trinajstić information content (AvgIpc) is 3.40. The number of likely N-dealkylation sites (N-methyl/N-ethyl adjacent to an activating group) is 1. The molecule has 1 aromatic carbocycles. The summed E-state index contributed by atoms with van der Waals surface area (Å²) in [6, 6.07) is 10.7. The first-order chi connectivity index (χ1) is 16.4. The summed E-state index contributed by atoms with van der Waals surface area (Å²) in [4.78, 5) is 34.4. The molecule has 0 radical (unpaired) electrons. The van der Waals surface area contributed by atoms with Gasteiger partial charge in [-0.2, -0.15) is 0 Å². The predicted octanol–water partition coefficient (Wildman–Crippen LogP) is 3.64. The van der Waals surface area contributed by atoms with E-state index in [0.29, 0.717) is 24.2 Å². The molecule has 180 valence electrons. The Morgan fingerprint density at radius 1 is 1.32 bits per heavy atom. The smallest absolute Gasteiger partial charge is 0.259 e. The Hall–Kier alpha value is -3.19. The van der Waals surface area contributed by atoms with Crippen molar-refractivity contribution in [2.45, 2.75) is 45.3 Å². The highest BCUT2D eigenvalue weighted by Gasteiger charge is 2.35. The molecule has 1 aliphatic heterocycles. The van der Waals surface area contributed by atoms with E-state index in [0.717, 1.165) is 24.8 Å². The number of aromatic nitrogens is 1. The molecule has 3 atom stereocenters. The normalized spacial score (nSPS) is 21.1. The zero-order valence-corrected chi connectivity index (χ0v) is 20.1. The Labute approximate surface area is 201 Å². The highest BCUT2D eigenvalue weighted by molar-refractivity contribution is 5.97. The molecule has 2 heterocycles. The summed E-state index contributed by atoms with van der Waals surface area (Å²) in [5.41, 5.74) is 3.15. The summed E-state index contributed by atoms with van der Waals surface area (Å²) in [6.45, 7) is 4.45. The van der Waals surface area contributed by atoms with Crippen LogP contribution in [0.2, 0.25) is 0 Å². The molecule has 0 bridgehead atoms. The van der Waals surface area contributed by atoms with Crippen molar-refractivity contribution in [3.8, 4) is 5.88 Å². The van der Waals surface area contributed by atoms with Gasteiger partial charge in [-0.1, -0.05) is 31.2 Å². The number of ether oxygens (including phenoxy) is 1. The van der Waals surface area contributed by atoms with E-state index in [1.165, 1.54) is 5.57 Å². The second-order valence-corrected chi connectivity index (χ2v) is 9.37. The van der Waals surface area contributed by atoms with Crippen molar-refractivity contribution < 1.29 is 19.4 Å². The van der Waals surface area contributed by atoms with E-state index in [1.54, 1.807) is 35.2 Å². The molecular formula is C27H33N3O4. The molecule has 1 aromatic heterocycles. The van der Waals surface area contributed by atoms with Crippen molar-refractivity contribution in [2.75, 3.05) is 26.7 Å². The van der Waals surface area contributed by atoms with Crippen LogP contribution in [0.5, 0.6) is 5.88 Å². The summed E-state index contributed by atoms with van der Waals surface area (Å²) >= 11 is 0. The molecule has 0 fully saturated rings. The van der Waals surface area contributed by atoms with Gasteiger partial charge in [0, 0.05) is 31.3 Å². The van der Waals surface area contributed by atoms with Crippen LogP contribution < -0.4 is 4.74 Å². The van der Waals surface area contributed by atoms with E-state index < -0.39 is 0 Å². The number of aliphatic hydroxyl groups excluding tert-OH is 1. The number of allylic oxidation sites excluding steroid dienone is 2. The van der Waals surface area contributed by atoms with Crippen molar-refractivity contribution in [2.24, 2.45) is 5.92 Å². The van der Waals surface area contributed by atoms with E-state index in [2.05, 4.69) is 11.1 Å². The number of pyridine rings is 1. The number of carbonyl (C=O) groups excluding carboxylic acids is 2. The molecule has 7 nitrogen and oxygen atoms in total. The summed E-state index contributed by atoms with van der Waals surface area (Å²) in [7, 11) is 1.76. The summed E-state index contributed by atoms with van der Waals surface area (Å²) in [6.07, 6.45) is 6.70. The van der Waals surface area contributed by atoms with Crippen LogP contribution in [-0.2, 0) is 0 Å². The molecule has 0 unspecified atom stereocenters. The fourth-order valence-electron chi connectivity index (χ4n) is 4.58. The number of nitrogens with zero attached hydrogens (tertiary/aromatic N) is 3. The molecule has 1 aliphatic carbocycles. The first-order valence-electron chi connectivity index (χ1n) is 12.0. The number of fused-ring (bicyclic) bond motifs is 1. The predicted molar refractivity (Wildman–Crippen MR) is 131 cm³/mol. The molecule has 34 heavy (non-hydrogen) atoms. The Morgan fingerprint density at radius 3 is 2.76 bits per heavy atom. The van der Waals surface area contributed by atoms with Gasteiger partial charge in [-0.15, -0.1) is 0 Å². The molecule has 0 saturated heterocycles. The molecule has 0 saturated carbocycles. The van der Waals surface area contributed by atoms with Crippen molar-refractivity contribution in [3.05, 3.63) is 65.4 Å².